The summed E-state index contributed by atoms with van der Waals surface area (Å²) in [5.41, 5.74) is -0.572. The van der Waals surface area contributed by atoms with E-state index in [9.17, 15) is 18.0 Å². The molecule has 0 aliphatic rings. The summed E-state index contributed by atoms with van der Waals surface area (Å²) in [6, 6.07) is 0. The molecule has 0 aliphatic heterocycles. The van der Waals surface area contributed by atoms with Crippen molar-refractivity contribution in [2.75, 3.05) is 0 Å². The van der Waals surface area contributed by atoms with Gasteiger partial charge in [-0.1, -0.05) is 0 Å². The highest BCUT2D eigenvalue weighted by molar-refractivity contribution is 7.15. The number of carboxylic acid groups (broad SMARTS) is 1. The molecule has 0 spiro atoms. The van der Waals surface area contributed by atoms with Gasteiger partial charge in [-0.15, -0.1) is 11.3 Å². The van der Waals surface area contributed by atoms with Crippen LogP contribution < -0.4 is 0 Å². The van der Waals surface area contributed by atoms with Crippen LogP contribution >= 0.6 is 11.3 Å². The molecule has 2 rings (SSSR count). The van der Waals surface area contributed by atoms with E-state index in [1.807, 2.05) is 0 Å². The average Bonchev–Trinajstić information content (AvgIpc) is 2.57. The highest BCUT2D eigenvalue weighted by Crippen LogP contribution is 2.31. The van der Waals surface area contributed by atoms with E-state index in [2.05, 4.69) is 4.98 Å². The van der Waals surface area contributed by atoms with Crippen LogP contribution in [0.15, 0.2) is 11.6 Å². The Morgan fingerprint density at radius 1 is 1.53 bits per heavy atom. The molecule has 0 saturated carbocycles. The van der Waals surface area contributed by atoms with Gasteiger partial charge in [0.15, 0.2) is 5.69 Å². The molecule has 0 aliphatic carbocycles. The van der Waals surface area contributed by atoms with E-state index >= 15 is 0 Å². The number of carboxylic acids is 1. The van der Waals surface area contributed by atoms with Gasteiger partial charge in [-0.3, -0.25) is 4.40 Å². The van der Waals surface area contributed by atoms with E-state index in [4.69, 9.17) is 5.11 Å². The largest absolute Gasteiger partial charge is 0.476 e. The Morgan fingerprint density at radius 2 is 2.20 bits per heavy atom. The van der Waals surface area contributed by atoms with E-state index in [-0.39, 0.29) is 4.83 Å². The molecule has 15 heavy (non-hydrogen) atoms. The fourth-order valence-corrected chi connectivity index (χ4v) is 1.98. The lowest BCUT2D eigenvalue weighted by Crippen LogP contribution is -2.10. The summed E-state index contributed by atoms with van der Waals surface area (Å²) in [6.07, 6.45) is -3.51. The predicted octanol–water partition coefficient (Wildman–Crippen LogP) is 2.11. The minimum atomic E-state index is -4.66. The first-order chi connectivity index (χ1) is 6.91. The lowest BCUT2D eigenvalue weighted by molar-refractivity contribution is -0.145. The van der Waals surface area contributed by atoms with Gasteiger partial charge in [0.2, 0.25) is 5.82 Å². The summed E-state index contributed by atoms with van der Waals surface area (Å²) in [5, 5.41) is 10.0. The van der Waals surface area contributed by atoms with Crippen molar-refractivity contribution in [3.8, 4) is 0 Å². The Balaban J connectivity index is 2.77. The second-order valence-electron chi connectivity index (χ2n) is 2.67. The molecule has 0 unspecified atom stereocenters. The number of rotatable bonds is 1. The molecule has 0 saturated heterocycles. The zero-order valence-corrected chi connectivity index (χ0v) is 7.76. The van der Waals surface area contributed by atoms with Crippen LogP contribution in [-0.2, 0) is 6.18 Å². The van der Waals surface area contributed by atoms with Crippen LogP contribution in [0.4, 0.5) is 13.2 Å². The van der Waals surface area contributed by atoms with Gasteiger partial charge in [0.1, 0.15) is 4.83 Å². The first kappa shape index (κ1) is 9.97. The molecule has 2 heterocycles. The molecule has 2 aromatic heterocycles. The number of alkyl halides is 3. The number of halogens is 3. The monoisotopic (exact) mass is 236 g/mol. The van der Waals surface area contributed by atoms with Crippen molar-refractivity contribution < 1.29 is 23.1 Å². The van der Waals surface area contributed by atoms with Gasteiger partial charge in [-0.25, -0.2) is 9.78 Å². The number of aromatic carboxylic acids is 1. The van der Waals surface area contributed by atoms with Crippen LogP contribution in [0.25, 0.3) is 4.83 Å². The van der Waals surface area contributed by atoms with Gasteiger partial charge in [0.05, 0.1) is 0 Å². The second-order valence-corrected chi connectivity index (χ2v) is 3.56. The number of thiazole rings is 1. The van der Waals surface area contributed by atoms with E-state index in [0.29, 0.717) is 0 Å². The van der Waals surface area contributed by atoms with Gasteiger partial charge >= 0.3 is 12.1 Å². The molecule has 0 fully saturated rings. The van der Waals surface area contributed by atoms with Gasteiger partial charge in [0, 0.05) is 11.6 Å². The standard InChI is InChI=1S/C7H3F3N2O2S/c8-7(9,10)6-11-3(5(13)14)4-12(6)1-2-15-4/h1-2H,(H,13,14). The van der Waals surface area contributed by atoms with E-state index in [1.165, 1.54) is 5.38 Å². The topological polar surface area (TPSA) is 54.6 Å². The third kappa shape index (κ3) is 1.46. The Hall–Kier alpha value is -1.57. The minimum absolute atomic E-state index is 0.0187. The summed E-state index contributed by atoms with van der Waals surface area (Å²) >= 11 is 0.899. The number of aromatic nitrogens is 2. The van der Waals surface area contributed by atoms with Crippen molar-refractivity contribution in [3.63, 3.8) is 0 Å². The maximum atomic E-state index is 12.4. The van der Waals surface area contributed by atoms with Crippen molar-refractivity contribution in [1.29, 1.82) is 0 Å². The van der Waals surface area contributed by atoms with Gasteiger partial charge < -0.3 is 5.11 Å². The lowest BCUT2D eigenvalue weighted by Gasteiger charge is -2.01. The number of carbonyl (C=O) groups is 1. The van der Waals surface area contributed by atoms with Crippen LogP contribution in [0, 0.1) is 0 Å². The highest BCUT2D eigenvalue weighted by atomic mass is 32.1. The third-order valence-electron chi connectivity index (χ3n) is 1.71. The Kier molecular flexibility index (Phi) is 1.97. The van der Waals surface area contributed by atoms with E-state index in [0.717, 1.165) is 21.9 Å². The smallest absolute Gasteiger partial charge is 0.450 e. The number of hydrogen-bond acceptors (Lipinski definition) is 3. The van der Waals surface area contributed by atoms with Crippen molar-refractivity contribution in [2.45, 2.75) is 6.18 Å². The van der Waals surface area contributed by atoms with E-state index < -0.39 is 23.7 Å². The third-order valence-corrected chi connectivity index (χ3v) is 2.58. The molecule has 8 heteroatoms. The summed E-state index contributed by atoms with van der Waals surface area (Å²) < 4.78 is 37.9. The van der Waals surface area contributed by atoms with Crippen molar-refractivity contribution >= 4 is 22.1 Å². The molecule has 0 bridgehead atoms. The second kappa shape index (κ2) is 2.96. The van der Waals surface area contributed by atoms with Gasteiger partial charge in [0.25, 0.3) is 0 Å². The normalized spacial score (nSPS) is 12.2. The lowest BCUT2D eigenvalue weighted by atomic mass is 10.5. The molecule has 1 N–H and O–H groups in total. The molecule has 80 valence electrons. The van der Waals surface area contributed by atoms with Crippen LogP contribution in [0.5, 0.6) is 0 Å². The summed E-state index contributed by atoms with van der Waals surface area (Å²) in [5.74, 6) is -2.68. The predicted molar refractivity (Wildman–Crippen MR) is 45.0 cm³/mol. The fraction of sp³-hybridized carbons (Fsp3) is 0.143. The van der Waals surface area contributed by atoms with E-state index in [1.54, 1.807) is 0 Å². The molecule has 4 nitrogen and oxygen atoms in total. The Bertz CT molecular complexity index is 528. The highest BCUT2D eigenvalue weighted by Gasteiger charge is 2.38. The van der Waals surface area contributed by atoms with Crippen LogP contribution in [0.1, 0.15) is 16.3 Å². The number of imidazole rings is 1. The summed E-state index contributed by atoms with van der Waals surface area (Å²) in [6.45, 7) is 0. The maximum Gasteiger partial charge on any atom is 0.450 e. The molecule has 0 radical (unpaired) electrons. The Morgan fingerprint density at radius 3 is 2.73 bits per heavy atom. The van der Waals surface area contributed by atoms with Gasteiger partial charge in [-0.05, 0) is 0 Å². The summed E-state index contributed by atoms with van der Waals surface area (Å²) in [4.78, 5) is 13.7. The zero-order valence-electron chi connectivity index (χ0n) is 6.95. The molecular formula is C7H3F3N2O2S. The van der Waals surface area contributed by atoms with Gasteiger partial charge in [-0.2, -0.15) is 13.2 Å². The molecule has 0 atom stereocenters. The minimum Gasteiger partial charge on any atom is -0.476 e. The SMILES string of the molecule is O=C(O)c1nc(C(F)(F)F)n2ccsc12. The molecule has 0 amide bonds. The molecule has 0 aromatic carbocycles. The first-order valence-corrected chi connectivity index (χ1v) is 4.55. The number of nitrogens with zero attached hydrogens (tertiary/aromatic N) is 2. The number of fused-ring (bicyclic) bond motifs is 1. The molecule has 2 aromatic rings. The van der Waals surface area contributed by atoms with Crippen LogP contribution in [-0.4, -0.2) is 20.5 Å². The van der Waals surface area contributed by atoms with Crippen molar-refractivity contribution in [3.05, 3.63) is 23.1 Å². The van der Waals surface area contributed by atoms with Crippen LogP contribution in [0.3, 0.4) is 0 Å². The average molecular weight is 236 g/mol. The van der Waals surface area contributed by atoms with Crippen LogP contribution in [0.2, 0.25) is 0 Å². The summed E-state index contributed by atoms with van der Waals surface area (Å²) in [7, 11) is 0. The maximum absolute atomic E-state index is 12.4. The van der Waals surface area contributed by atoms with Crippen molar-refractivity contribution in [2.24, 2.45) is 0 Å². The van der Waals surface area contributed by atoms with Crippen molar-refractivity contribution in [1.82, 2.24) is 9.38 Å². The fourth-order valence-electron chi connectivity index (χ4n) is 1.16. The number of hydrogen-bond donors (Lipinski definition) is 1. The first-order valence-electron chi connectivity index (χ1n) is 3.67. The zero-order chi connectivity index (χ0) is 11.2. The Labute approximate surface area is 84.6 Å². The molecular weight excluding hydrogens is 233 g/mol. The quantitative estimate of drug-likeness (QED) is 0.825.